The summed E-state index contributed by atoms with van der Waals surface area (Å²) in [6, 6.07) is 3.12. The van der Waals surface area contributed by atoms with E-state index in [4.69, 9.17) is 19.4 Å². The quantitative estimate of drug-likeness (QED) is 0.591. The monoisotopic (exact) mass is 457 g/mol. The number of ether oxygens (including phenoxy) is 2. The SMILES string of the molecule is c1cc2c(N3C4CCC3COC4)nc(N3CCC(COCCN4CCCC4)CC3)nc2s1. The van der Waals surface area contributed by atoms with Crippen molar-refractivity contribution in [3.05, 3.63) is 11.4 Å². The number of nitrogens with zero attached hydrogens (tertiary/aromatic N) is 5. The average Bonchev–Trinajstić information content (AvgIpc) is 3.56. The second kappa shape index (κ2) is 9.41. The first-order valence-electron chi connectivity index (χ1n) is 12.5. The van der Waals surface area contributed by atoms with Gasteiger partial charge in [0.25, 0.3) is 0 Å². The van der Waals surface area contributed by atoms with Gasteiger partial charge in [-0.05, 0) is 69.0 Å². The van der Waals surface area contributed by atoms with Gasteiger partial charge in [0, 0.05) is 26.2 Å². The zero-order chi connectivity index (χ0) is 21.3. The fourth-order valence-electron chi connectivity index (χ4n) is 5.89. The van der Waals surface area contributed by atoms with Crippen LogP contribution in [0.15, 0.2) is 11.4 Å². The third kappa shape index (κ3) is 4.22. The van der Waals surface area contributed by atoms with Crippen LogP contribution in [0.5, 0.6) is 0 Å². The largest absolute Gasteiger partial charge is 0.380 e. The molecule has 8 heteroatoms. The van der Waals surface area contributed by atoms with Gasteiger partial charge >= 0.3 is 0 Å². The molecule has 0 radical (unpaired) electrons. The Kier molecular flexibility index (Phi) is 6.20. The highest BCUT2D eigenvalue weighted by atomic mass is 32.1. The maximum atomic E-state index is 6.04. The van der Waals surface area contributed by atoms with E-state index in [1.54, 1.807) is 11.3 Å². The molecule has 2 aromatic rings. The summed E-state index contributed by atoms with van der Waals surface area (Å²) in [6.45, 7) is 9.07. The van der Waals surface area contributed by atoms with Crippen LogP contribution in [0.25, 0.3) is 10.2 Å². The molecule has 0 aliphatic carbocycles. The van der Waals surface area contributed by atoms with Crippen molar-refractivity contribution in [2.24, 2.45) is 5.92 Å². The Balaban J connectivity index is 1.09. The highest BCUT2D eigenvalue weighted by Crippen LogP contribution is 2.39. The minimum Gasteiger partial charge on any atom is -0.380 e. The number of hydrogen-bond donors (Lipinski definition) is 0. The van der Waals surface area contributed by atoms with Crippen molar-refractivity contribution >= 4 is 33.3 Å². The highest BCUT2D eigenvalue weighted by molar-refractivity contribution is 7.16. The Hall–Kier alpha value is -1.48. The topological polar surface area (TPSA) is 54.0 Å². The molecule has 0 N–H and O–H groups in total. The predicted octanol–water partition coefficient (Wildman–Crippen LogP) is 3.39. The van der Waals surface area contributed by atoms with Crippen molar-refractivity contribution in [2.75, 3.05) is 69.0 Å². The number of likely N-dealkylation sites (tertiary alicyclic amines) is 1. The summed E-state index contributed by atoms with van der Waals surface area (Å²) < 4.78 is 11.9. The van der Waals surface area contributed by atoms with Crippen LogP contribution in [-0.4, -0.2) is 86.1 Å². The Morgan fingerprint density at radius 1 is 1.00 bits per heavy atom. The number of piperidine rings is 1. The molecule has 6 heterocycles. The third-order valence-corrected chi connectivity index (χ3v) is 8.59. The summed E-state index contributed by atoms with van der Waals surface area (Å²) in [4.78, 5) is 18.7. The van der Waals surface area contributed by atoms with E-state index in [9.17, 15) is 0 Å². The minimum atomic E-state index is 0.461. The van der Waals surface area contributed by atoms with E-state index < -0.39 is 0 Å². The maximum absolute atomic E-state index is 6.04. The number of anilines is 2. The van der Waals surface area contributed by atoms with Gasteiger partial charge < -0.3 is 24.2 Å². The molecular formula is C24H35N5O2S. The summed E-state index contributed by atoms with van der Waals surface area (Å²) in [5.41, 5.74) is 0. The Morgan fingerprint density at radius 2 is 1.78 bits per heavy atom. The lowest BCUT2D eigenvalue weighted by molar-refractivity contribution is 0.0752. The summed E-state index contributed by atoms with van der Waals surface area (Å²) in [6.07, 6.45) is 7.44. The second-order valence-corrected chi connectivity index (χ2v) is 10.8. The predicted molar refractivity (Wildman–Crippen MR) is 129 cm³/mol. The van der Waals surface area contributed by atoms with Gasteiger partial charge in [0.2, 0.25) is 5.95 Å². The van der Waals surface area contributed by atoms with Crippen molar-refractivity contribution < 1.29 is 9.47 Å². The average molecular weight is 458 g/mol. The molecule has 32 heavy (non-hydrogen) atoms. The standard InChI is InChI=1S/C24H35N5O2S/c1-2-9-27(8-1)12-13-30-15-18-5-10-28(11-6-18)24-25-22(21-7-14-32-23(21)26-24)29-19-3-4-20(29)17-31-16-19/h7,14,18-20H,1-6,8-13,15-17H2. The normalized spacial score (nSPS) is 27.1. The molecule has 4 aliphatic heterocycles. The van der Waals surface area contributed by atoms with Crippen LogP contribution in [-0.2, 0) is 9.47 Å². The minimum absolute atomic E-state index is 0.461. The lowest BCUT2D eigenvalue weighted by Gasteiger charge is -2.37. The van der Waals surface area contributed by atoms with Gasteiger partial charge in [0.1, 0.15) is 10.6 Å². The molecule has 4 aliphatic rings. The molecule has 0 aromatic carbocycles. The first-order valence-corrected chi connectivity index (χ1v) is 13.4. The van der Waals surface area contributed by atoms with E-state index in [1.165, 1.54) is 44.2 Å². The molecule has 0 saturated carbocycles. The molecule has 0 amide bonds. The van der Waals surface area contributed by atoms with Crippen molar-refractivity contribution in [3.63, 3.8) is 0 Å². The van der Waals surface area contributed by atoms with Crippen LogP contribution in [0.1, 0.15) is 38.5 Å². The molecule has 2 bridgehead atoms. The van der Waals surface area contributed by atoms with Gasteiger partial charge in [-0.15, -0.1) is 11.3 Å². The van der Waals surface area contributed by atoms with Crippen LogP contribution in [0.3, 0.4) is 0 Å². The zero-order valence-corrected chi connectivity index (χ0v) is 19.8. The van der Waals surface area contributed by atoms with Crippen LogP contribution < -0.4 is 9.80 Å². The number of morpholine rings is 1. The third-order valence-electron chi connectivity index (χ3n) is 7.78. The summed E-state index contributed by atoms with van der Waals surface area (Å²) in [5, 5.41) is 3.36. The lowest BCUT2D eigenvalue weighted by Crippen LogP contribution is -2.46. The summed E-state index contributed by atoms with van der Waals surface area (Å²) in [5.74, 6) is 2.70. The fraction of sp³-hybridized carbons (Fsp3) is 0.750. The number of fused-ring (bicyclic) bond motifs is 3. The Bertz CT molecular complexity index is 893. The molecule has 6 rings (SSSR count). The van der Waals surface area contributed by atoms with Crippen molar-refractivity contribution in [1.82, 2.24) is 14.9 Å². The molecule has 7 nitrogen and oxygen atoms in total. The van der Waals surface area contributed by atoms with Crippen molar-refractivity contribution in [3.8, 4) is 0 Å². The van der Waals surface area contributed by atoms with E-state index in [0.717, 1.165) is 75.5 Å². The molecular weight excluding hydrogens is 422 g/mol. The van der Waals surface area contributed by atoms with Crippen LogP contribution >= 0.6 is 11.3 Å². The fourth-order valence-corrected chi connectivity index (χ4v) is 6.64. The molecule has 4 fully saturated rings. The van der Waals surface area contributed by atoms with Gasteiger partial charge in [0.05, 0.1) is 37.3 Å². The van der Waals surface area contributed by atoms with E-state index in [1.807, 2.05) is 0 Å². The number of aromatic nitrogens is 2. The smallest absolute Gasteiger partial charge is 0.228 e. The molecule has 2 aromatic heterocycles. The highest BCUT2D eigenvalue weighted by Gasteiger charge is 2.39. The number of hydrogen-bond acceptors (Lipinski definition) is 8. The molecule has 2 unspecified atom stereocenters. The van der Waals surface area contributed by atoms with Crippen molar-refractivity contribution in [2.45, 2.75) is 50.6 Å². The lowest BCUT2D eigenvalue weighted by atomic mass is 9.98. The van der Waals surface area contributed by atoms with Gasteiger partial charge in [-0.25, -0.2) is 4.98 Å². The van der Waals surface area contributed by atoms with Crippen LogP contribution in [0.4, 0.5) is 11.8 Å². The Labute approximate surface area is 194 Å². The van der Waals surface area contributed by atoms with Crippen molar-refractivity contribution in [1.29, 1.82) is 0 Å². The van der Waals surface area contributed by atoms with E-state index in [-0.39, 0.29) is 0 Å². The van der Waals surface area contributed by atoms with Gasteiger partial charge in [-0.3, -0.25) is 0 Å². The second-order valence-electron chi connectivity index (χ2n) is 9.87. The van der Waals surface area contributed by atoms with Gasteiger partial charge in [-0.1, -0.05) is 0 Å². The Morgan fingerprint density at radius 3 is 2.56 bits per heavy atom. The first kappa shape index (κ1) is 21.1. The zero-order valence-electron chi connectivity index (χ0n) is 19.0. The van der Waals surface area contributed by atoms with Gasteiger partial charge in [-0.2, -0.15) is 4.98 Å². The molecule has 2 atom stereocenters. The molecule has 0 spiro atoms. The van der Waals surface area contributed by atoms with Crippen LogP contribution in [0, 0.1) is 5.92 Å². The summed E-state index contributed by atoms with van der Waals surface area (Å²) in [7, 11) is 0. The maximum Gasteiger partial charge on any atom is 0.228 e. The number of rotatable bonds is 7. The van der Waals surface area contributed by atoms with E-state index in [0.29, 0.717) is 18.0 Å². The number of thiophene rings is 1. The first-order chi connectivity index (χ1) is 15.8. The molecule has 4 saturated heterocycles. The van der Waals surface area contributed by atoms with Gasteiger partial charge in [0.15, 0.2) is 0 Å². The van der Waals surface area contributed by atoms with E-state index in [2.05, 4.69) is 26.1 Å². The van der Waals surface area contributed by atoms with Crippen LogP contribution in [0.2, 0.25) is 0 Å². The van der Waals surface area contributed by atoms with E-state index >= 15 is 0 Å². The molecule has 174 valence electrons. The summed E-state index contributed by atoms with van der Waals surface area (Å²) >= 11 is 1.73.